The molecule has 0 saturated heterocycles. The maximum absolute atomic E-state index is 12.6. The second kappa shape index (κ2) is 6.23. The van der Waals surface area contributed by atoms with Crippen molar-refractivity contribution in [3.05, 3.63) is 0 Å². The predicted octanol–water partition coefficient (Wildman–Crippen LogP) is 2.96. The molecule has 0 heterocycles. The summed E-state index contributed by atoms with van der Waals surface area (Å²) in [5.74, 6) is 3.37. The van der Waals surface area contributed by atoms with Gasteiger partial charge in [0.25, 0.3) is 0 Å². The number of ether oxygens (including phenoxy) is 1. The normalized spacial score (nSPS) is 38.1. The summed E-state index contributed by atoms with van der Waals surface area (Å²) in [6.45, 7) is 2.03. The summed E-state index contributed by atoms with van der Waals surface area (Å²) < 4.78 is 5.33. The van der Waals surface area contributed by atoms with E-state index < -0.39 is 0 Å². The second-order valence-electron chi connectivity index (χ2n) is 7.11. The van der Waals surface area contributed by atoms with E-state index in [2.05, 4.69) is 5.32 Å². The molecule has 0 aromatic heterocycles. The van der Waals surface area contributed by atoms with Crippen LogP contribution < -0.4 is 5.32 Å². The molecule has 0 spiro atoms. The molecule has 4 aliphatic rings. The predicted molar refractivity (Wildman–Crippen MR) is 79.8 cm³/mol. The summed E-state index contributed by atoms with van der Waals surface area (Å²) in [5.41, 5.74) is -0.00819. The largest absolute Gasteiger partial charge is 0.380 e. The van der Waals surface area contributed by atoms with Crippen molar-refractivity contribution >= 4 is 17.5 Å². The number of hydrogen-bond acceptors (Lipinski definition) is 2. The highest BCUT2D eigenvalue weighted by molar-refractivity contribution is 6.17. The fourth-order valence-electron chi connectivity index (χ4n) is 5.11. The van der Waals surface area contributed by atoms with Gasteiger partial charge in [-0.05, 0) is 62.7 Å². The molecule has 4 heteroatoms. The lowest BCUT2D eigenvalue weighted by Crippen LogP contribution is -2.53. The van der Waals surface area contributed by atoms with Crippen molar-refractivity contribution in [3.8, 4) is 0 Å². The molecule has 4 rings (SSSR count). The molecule has 0 aromatic rings. The van der Waals surface area contributed by atoms with Crippen molar-refractivity contribution in [3.63, 3.8) is 0 Å². The first-order valence-corrected chi connectivity index (χ1v) is 8.67. The van der Waals surface area contributed by atoms with Crippen molar-refractivity contribution in [2.24, 2.45) is 23.2 Å². The molecule has 4 aliphatic carbocycles. The minimum atomic E-state index is -0.00819. The quantitative estimate of drug-likeness (QED) is 0.580. The number of nitrogens with one attached hydrogen (secondary N) is 1. The number of alkyl halides is 1. The van der Waals surface area contributed by atoms with Gasteiger partial charge < -0.3 is 10.1 Å². The van der Waals surface area contributed by atoms with E-state index in [0.29, 0.717) is 25.0 Å². The molecule has 4 saturated carbocycles. The van der Waals surface area contributed by atoms with Crippen LogP contribution in [0.25, 0.3) is 0 Å². The highest BCUT2D eigenvalue weighted by Crippen LogP contribution is 2.60. The van der Waals surface area contributed by atoms with E-state index in [1.807, 2.05) is 0 Å². The summed E-state index contributed by atoms with van der Waals surface area (Å²) in [7, 11) is 0. The van der Waals surface area contributed by atoms with Gasteiger partial charge in [-0.3, -0.25) is 4.79 Å². The van der Waals surface area contributed by atoms with Crippen molar-refractivity contribution in [2.45, 2.75) is 44.9 Å². The average molecular weight is 300 g/mol. The number of amides is 1. The van der Waals surface area contributed by atoms with Crippen LogP contribution in [0.1, 0.15) is 44.9 Å². The van der Waals surface area contributed by atoms with E-state index in [1.54, 1.807) is 0 Å². The summed E-state index contributed by atoms with van der Waals surface area (Å²) in [5, 5.41) is 3.16. The molecule has 0 aromatic carbocycles. The van der Waals surface area contributed by atoms with Crippen molar-refractivity contribution < 1.29 is 9.53 Å². The van der Waals surface area contributed by atoms with Gasteiger partial charge in [-0.1, -0.05) is 0 Å². The minimum Gasteiger partial charge on any atom is -0.380 e. The van der Waals surface area contributed by atoms with Gasteiger partial charge in [-0.15, -0.1) is 11.6 Å². The number of carbonyl (C=O) groups is 1. The van der Waals surface area contributed by atoms with Crippen molar-refractivity contribution in [1.82, 2.24) is 5.32 Å². The van der Waals surface area contributed by atoms with Crippen LogP contribution in [0.4, 0.5) is 0 Å². The Morgan fingerprint density at radius 2 is 1.70 bits per heavy atom. The van der Waals surface area contributed by atoms with E-state index in [9.17, 15) is 4.79 Å². The Bertz CT molecular complexity index is 323. The molecule has 0 radical (unpaired) electrons. The van der Waals surface area contributed by atoms with Gasteiger partial charge in [0.05, 0.1) is 6.61 Å². The van der Waals surface area contributed by atoms with E-state index >= 15 is 0 Å². The minimum absolute atomic E-state index is 0.00819. The van der Waals surface area contributed by atoms with Crippen molar-refractivity contribution in [2.75, 3.05) is 25.6 Å². The molecule has 4 bridgehead atoms. The molecule has 0 unspecified atom stereocenters. The van der Waals surface area contributed by atoms with Gasteiger partial charge in [0.1, 0.15) is 0 Å². The molecule has 114 valence electrons. The Balaban J connectivity index is 1.45. The third-order valence-electron chi connectivity index (χ3n) is 5.49. The molecule has 3 nitrogen and oxygen atoms in total. The SMILES string of the molecule is O=C(NCCCOCCCl)C12CC3CC(CC(C3)C1)C2. The number of halogens is 1. The lowest BCUT2D eigenvalue weighted by Gasteiger charge is -2.55. The summed E-state index contributed by atoms with van der Waals surface area (Å²) in [6.07, 6.45) is 8.49. The maximum Gasteiger partial charge on any atom is 0.226 e. The number of rotatable bonds is 7. The van der Waals surface area contributed by atoms with Crippen LogP contribution in [0.15, 0.2) is 0 Å². The zero-order chi connectivity index (χ0) is 14.0. The van der Waals surface area contributed by atoms with Crippen LogP contribution in [0.5, 0.6) is 0 Å². The molecular weight excluding hydrogens is 274 g/mol. The number of hydrogen-bond donors (Lipinski definition) is 1. The number of carbonyl (C=O) groups excluding carboxylic acids is 1. The lowest BCUT2D eigenvalue weighted by molar-refractivity contribution is -0.146. The van der Waals surface area contributed by atoms with Gasteiger partial charge in [0, 0.05) is 24.4 Å². The summed E-state index contributed by atoms with van der Waals surface area (Å²) in [4.78, 5) is 12.6. The molecule has 20 heavy (non-hydrogen) atoms. The first kappa shape index (κ1) is 14.6. The maximum atomic E-state index is 12.6. The third-order valence-corrected chi connectivity index (χ3v) is 5.65. The molecule has 0 atom stereocenters. The first-order chi connectivity index (χ1) is 9.72. The van der Waals surface area contributed by atoms with Crippen LogP contribution in [0.3, 0.4) is 0 Å². The highest BCUT2D eigenvalue weighted by atomic mass is 35.5. The van der Waals surface area contributed by atoms with Gasteiger partial charge in [0.2, 0.25) is 5.91 Å². The fourth-order valence-corrected chi connectivity index (χ4v) is 5.22. The average Bonchev–Trinajstić information content (AvgIpc) is 2.41. The smallest absolute Gasteiger partial charge is 0.226 e. The Labute approximate surface area is 126 Å². The van der Waals surface area contributed by atoms with E-state index in [0.717, 1.165) is 50.0 Å². The van der Waals surface area contributed by atoms with Crippen LogP contribution in [-0.4, -0.2) is 31.5 Å². The lowest BCUT2D eigenvalue weighted by atomic mass is 9.49. The van der Waals surface area contributed by atoms with Gasteiger partial charge >= 0.3 is 0 Å². The summed E-state index contributed by atoms with van der Waals surface area (Å²) >= 11 is 5.55. The Kier molecular flexibility index (Phi) is 4.56. The fraction of sp³-hybridized carbons (Fsp3) is 0.938. The molecular formula is C16H26ClNO2. The standard InChI is InChI=1S/C16H26ClNO2/c17-2-5-20-4-1-3-18-15(19)16-9-12-6-13(10-16)8-14(7-12)11-16/h12-14H,1-11H2,(H,18,19). The molecule has 1 N–H and O–H groups in total. The van der Waals surface area contributed by atoms with E-state index in [4.69, 9.17) is 16.3 Å². The molecule has 4 fully saturated rings. The topological polar surface area (TPSA) is 38.3 Å². The molecule has 1 amide bonds. The second-order valence-corrected chi connectivity index (χ2v) is 7.49. The van der Waals surface area contributed by atoms with Gasteiger partial charge in [-0.2, -0.15) is 0 Å². The van der Waals surface area contributed by atoms with Crippen LogP contribution in [0, 0.1) is 23.2 Å². The zero-order valence-corrected chi connectivity index (χ0v) is 13.0. The summed E-state index contributed by atoms with van der Waals surface area (Å²) in [6, 6.07) is 0. The Morgan fingerprint density at radius 3 is 2.25 bits per heavy atom. The van der Waals surface area contributed by atoms with Gasteiger partial charge in [0.15, 0.2) is 0 Å². The molecule has 0 aliphatic heterocycles. The third kappa shape index (κ3) is 2.99. The van der Waals surface area contributed by atoms with E-state index in [-0.39, 0.29) is 5.41 Å². The Hall–Kier alpha value is -0.280. The zero-order valence-electron chi connectivity index (χ0n) is 12.2. The first-order valence-electron chi connectivity index (χ1n) is 8.14. The van der Waals surface area contributed by atoms with E-state index in [1.165, 1.54) is 19.3 Å². The Morgan fingerprint density at radius 1 is 1.10 bits per heavy atom. The van der Waals surface area contributed by atoms with Crippen LogP contribution >= 0.6 is 11.6 Å². The van der Waals surface area contributed by atoms with Crippen LogP contribution in [-0.2, 0) is 9.53 Å². The highest BCUT2D eigenvalue weighted by Gasteiger charge is 2.54. The monoisotopic (exact) mass is 299 g/mol. The van der Waals surface area contributed by atoms with Gasteiger partial charge in [-0.25, -0.2) is 0 Å². The van der Waals surface area contributed by atoms with Crippen molar-refractivity contribution in [1.29, 1.82) is 0 Å². The van der Waals surface area contributed by atoms with Crippen LogP contribution in [0.2, 0.25) is 0 Å².